The standard InChI is InChI=1S/C6H8F2N2O/c1-3(11)4-2-5(6(7)8)10-9-4/h5-6,10H,2H2,1H3. The topological polar surface area (TPSA) is 41.5 Å². The lowest BCUT2D eigenvalue weighted by Crippen LogP contribution is -2.28. The molecule has 1 rings (SSSR count). The third-order valence-corrected chi connectivity index (χ3v) is 1.49. The molecule has 1 unspecified atom stereocenters. The first kappa shape index (κ1) is 8.10. The predicted octanol–water partition coefficient (Wildman–Crippen LogP) is 0.558. The van der Waals surface area contributed by atoms with E-state index >= 15 is 0 Å². The van der Waals surface area contributed by atoms with Crippen LogP contribution in [0.3, 0.4) is 0 Å². The van der Waals surface area contributed by atoms with Crippen LogP contribution in [-0.2, 0) is 4.79 Å². The number of carbonyl (C=O) groups is 1. The lowest BCUT2D eigenvalue weighted by atomic mass is 10.1. The predicted molar refractivity (Wildman–Crippen MR) is 35.7 cm³/mol. The molecule has 1 N–H and O–H groups in total. The second-order valence-electron chi connectivity index (χ2n) is 2.39. The first-order chi connectivity index (χ1) is 5.11. The number of nitrogens with one attached hydrogen (secondary N) is 1. The Morgan fingerprint density at radius 3 is 2.73 bits per heavy atom. The molecule has 11 heavy (non-hydrogen) atoms. The van der Waals surface area contributed by atoms with Gasteiger partial charge in [-0.2, -0.15) is 5.10 Å². The number of hydrazone groups is 1. The zero-order valence-corrected chi connectivity index (χ0v) is 5.97. The summed E-state index contributed by atoms with van der Waals surface area (Å²) < 4.78 is 23.9. The van der Waals surface area contributed by atoms with Gasteiger partial charge in [-0.15, -0.1) is 0 Å². The number of nitrogens with zero attached hydrogens (tertiary/aromatic N) is 1. The molecule has 0 aromatic carbocycles. The molecule has 0 aromatic heterocycles. The molecule has 62 valence electrons. The first-order valence-corrected chi connectivity index (χ1v) is 3.22. The van der Waals surface area contributed by atoms with Crippen LogP contribution in [0.2, 0.25) is 0 Å². The quantitative estimate of drug-likeness (QED) is 0.644. The lowest BCUT2D eigenvalue weighted by Gasteiger charge is -2.05. The highest BCUT2D eigenvalue weighted by Gasteiger charge is 2.28. The summed E-state index contributed by atoms with van der Waals surface area (Å²) >= 11 is 0. The average molecular weight is 162 g/mol. The number of hydrogen-bond acceptors (Lipinski definition) is 3. The normalized spacial score (nSPS) is 23.3. The molecule has 0 aliphatic carbocycles. The molecule has 0 aromatic rings. The molecule has 0 spiro atoms. The largest absolute Gasteiger partial charge is 0.300 e. The van der Waals surface area contributed by atoms with Gasteiger partial charge in [0, 0.05) is 13.3 Å². The Morgan fingerprint density at radius 2 is 2.45 bits per heavy atom. The number of rotatable bonds is 2. The lowest BCUT2D eigenvalue weighted by molar-refractivity contribution is -0.111. The number of ketones is 1. The molecular formula is C6H8F2N2O. The van der Waals surface area contributed by atoms with Crippen LogP contribution in [-0.4, -0.2) is 24.0 Å². The minimum atomic E-state index is -2.46. The minimum Gasteiger partial charge on any atom is -0.300 e. The Morgan fingerprint density at radius 1 is 1.82 bits per heavy atom. The van der Waals surface area contributed by atoms with Crippen LogP contribution < -0.4 is 5.43 Å². The highest BCUT2D eigenvalue weighted by Crippen LogP contribution is 2.11. The Labute approximate surface area is 62.5 Å². The van der Waals surface area contributed by atoms with Crippen molar-refractivity contribution in [3.8, 4) is 0 Å². The summed E-state index contributed by atoms with van der Waals surface area (Å²) in [5.74, 6) is -0.249. The minimum absolute atomic E-state index is 0.0347. The summed E-state index contributed by atoms with van der Waals surface area (Å²) in [6.45, 7) is 1.31. The molecule has 0 radical (unpaired) electrons. The highest BCUT2D eigenvalue weighted by molar-refractivity contribution is 6.39. The van der Waals surface area contributed by atoms with Crippen molar-refractivity contribution in [1.82, 2.24) is 5.43 Å². The SMILES string of the molecule is CC(=O)C1=NNC(C(F)F)C1. The van der Waals surface area contributed by atoms with Gasteiger partial charge in [0.2, 0.25) is 0 Å². The third-order valence-electron chi connectivity index (χ3n) is 1.49. The number of carbonyl (C=O) groups excluding carboxylic acids is 1. The fourth-order valence-corrected chi connectivity index (χ4v) is 0.828. The van der Waals surface area contributed by atoms with E-state index in [0.29, 0.717) is 0 Å². The highest BCUT2D eigenvalue weighted by atomic mass is 19.3. The van der Waals surface area contributed by atoms with Crippen molar-refractivity contribution in [2.75, 3.05) is 0 Å². The van der Waals surface area contributed by atoms with E-state index in [2.05, 4.69) is 10.5 Å². The second-order valence-corrected chi connectivity index (χ2v) is 2.39. The maximum atomic E-state index is 11.9. The van der Waals surface area contributed by atoms with Crippen LogP contribution in [0.25, 0.3) is 0 Å². The molecular weight excluding hydrogens is 154 g/mol. The Bertz CT molecular complexity index is 203. The Balaban J connectivity index is 2.49. The Kier molecular flexibility index (Phi) is 2.16. The van der Waals surface area contributed by atoms with Gasteiger partial charge in [0.25, 0.3) is 6.43 Å². The van der Waals surface area contributed by atoms with E-state index in [1.165, 1.54) is 6.92 Å². The van der Waals surface area contributed by atoms with Crippen molar-refractivity contribution in [3.05, 3.63) is 0 Å². The van der Waals surface area contributed by atoms with Gasteiger partial charge in [-0.25, -0.2) is 8.78 Å². The summed E-state index contributed by atoms with van der Waals surface area (Å²) in [6, 6.07) is -0.978. The number of hydrogen-bond donors (Lipinski definition) is 1. The molecule has 0 bridgehead atoms. The molecule has 1 aliphatic rings. The van der Waals surface area contributed by atoms with E-state index in [0.717, 1.165) is 0 Å². The van der Waals surface area contributed by atoms with E-state index in [-0.39, 0.29) is 17.9 Å². The Hall–Kier alpha value is -1.00. The second kappa shape index (κ2) is 2.94. The summed E-state index contributed by atoms with van der Waals surface area (Å²) in [5, 5.41) is 3.48. The van der Waals surface area contributed by atoms with Crippen molar-refractivity contribution >= 4 is 11.5 Å². The summed E-state index contributed by atoms with van der Waals surface area (Å²) in [6.07, 6.45) is -2.43. The van der Waals surface area contributed by atoms with Gasteiger partial charge in [0.1, 0.15) is 11.8 Å². The monoisotopic (exact) mass is 162 g/mol. The van der Waals surface area contributed by atoms with E-state index in [1.807, 2.05) is 0 Å². The van der Waals surface area contributed by atoms with E-state index in [1.54, 1.807) is 0 Å². The van der Waals surface area contributed by atoms with E-state index in [4.69, 9.17) is 0 Å². The number of alkyl halides is 2. The van der Waals surface area contributed by atoms with Crippen molar-refractivity contribution in [1.29, 1.82) is 0 Å². The summed E-state index contributed by atoms with van der Waals surface area (Å²) in [7, 11) is 0. The molecule has 1 heterocycles. The van der Waals surface area contributed by atoms with Gasteiger partial charge in [-0.1, -0.05) is 0 Å². The maximum absolute atomic E-state index is 11.9. The average Bonchev–Trinajstić information content (AvgIpc) is 2.33. The van der Waals surface area contributed by atoms with Crippen molar-refractivity contribution < 1.29 is 13.6 Å². The van der Waals surface area contributed by atoms with Crippen LogP contribution in [0.5, 0.6) is 0 Å². The zero-order valence-electron chi connectivity index (χ0n) is 5.97. The zero-order chi connectivity index (χ0) is 8.43. The number of halogens is 2. The van der Waals surface area contributed by atoms with Crippen LogP contribution in [0, 0.1) is 0 Å². The van der Waals surface area contributed by atoms with Gasteiger partial charge in [-0.05, 0) is 0 Å². The molecule has 0 saturated heterocycles. The van der Waals surface area contributed by atoms with Gasteiger partial charge in [0.05, 0.1) is 0 Å². The molecule has 1 atom stereocenters. The smallest absolute Gasteiger partial charge is 0.260 e. The number of Topliss-reactive ketones (excluding diaryl/α,β-unsaturated/α-hetero) is 1. The molecule has 3 nitrogen and oxygen atoms in total. The van der Waals surface area contributed by atoms with E-state index in [9.17, 15) is 13.6 Å². The van der Waals surface area contributed by atoms with Crippen LogP contribution in [0.15, 0.2) is 5.10 Å². The molecule has 5 heteroatoms. The first-order valence-electron chi connectivity index (χ1n) is 3.22. The third kappa shape index (κ3) is 1.72. The summed E-state index contributed by atoms with van der Waals surface area (Å²) in [5.41, 5.74) is 2.41. The summed E-state index contributed by atoms with van der Waals surface area (Å²) in [4.78, 5) is 10.6. The van der Waals surface area contributed by atoms with Crippen LogP contribution in [0.1, 0.15) is 13.3 Å². The van der Waals surface area contributed by atoms with Crippen LogP contribution in [0.4, 0.5) is 8.78 Å². The molecule has 0 saturated carbocycles. The maximum Gasteiger partial charge on any atom is 0.260 e. The molecule has 0 fully saturated rings. The fraction of sp³-hybridized carbons (Fsp3) is 0.667. The van der Waals surface area contributed by atoms with Gasteiger partial charge < -0.3 is 5.43 Å². The van der Waals surface area contributed by atoms with Crippen molar-refractivity contribution in [2.24, 2.45) is 5.10 Å². The van der Waals surface area contributed by atoms with Gasteiger partial charge in [0.15, 0.2) is 5.78 Å². The fourth-order valence-electron chi connectivity index (χ4n) is 0.828. The van der Waals surface area contributed by atoms with Gasteiger partial charge >= 0.3 is 0 Å². The van der Waals surface area contributed by atoms with Gasteiger partial charge in [-0.3, -0.25) is 4.79 Å². The molecule has 1 aliphatic heterocycles. The van der Waals surface area contributed by atoms with Crippen LogP contribution >= 0.6 is 0 Å². The van der Waals surface area contributed by atoms with Crippen molar-refractivity contribution in [3.63, 3.8) is 0 Å². The molecule has 0 amide bonds. The van der Waals surface area contributed by atoms with Crippen molar-refractivity contribution in [2.45, 2.75) is 25.8 Å². The van der Waals surface area contributed by atoms with E-state index < -0.39 is 12.5 Å².